The maximum Gasteiger partial charge on any atom is 0.573 e. The number of alkyl halides is 3. The first-order valence-corrected chi connectivity index (χ1v) is 6.93. The minimum atomic E-state index is -4.75. The molecule has 0 atom stereocenters. The van der Waals surface area contributed by atoms with Gasteiger partial charge in [-0.05, 0) is 36.4 Å². The van der Waals surface area contributed by atoms with Crippen LogP contribution in [-0.4, -0.2) is 17.3 Å². The van der Waals surface area contributed by atoms with E-state index in [9.17, 15) is 18.0 Å². The largest absolute Gasteiger partial charge is 0.573 e. The Hall–Kier alpha value is -3.09. The third-order valence-corrected chi connectivity index (χ3v) is 3.22. The van der Waals surface area contributed by atoms with Crippen molar-refractivity contribution in [2.45, 2.75) is 6.36 Å². The Morgan fingerprint density at radius 3 is 2.42 bits per heavy atom. The Morgan fingerprint density at radius 2 is 1.71 bits per heavy atom. The summed E-state index contributed by atoms with van der Waals surface area (Å²) in [5.74, 6) is -0.754. The average molecular weight is 332 g/mol. The molecule has 1 aromatic heterocycles. The number of nitrogens with zero attached hydrogens (tertiary/aromatic N) is 1. The molecule has 24 heavy (non-hydrogen) atoms. The molecule has 0 fully saturated rings. The van der Waals surface area contributed by atoms with Gasteiger partial charge < -0.3 is 10.1 Å². The van der Waals surface area contributed by atoms with Crippen LogP contribution in [0, 0.1) is 0 Å². The fraction of sp³-hybridized carbons (Fsp3) is 0.0588. The van der Waals surface area contributed by atoms with Gasteiger partial charge in [0.25, 0.3) is 5.91 Å². The molecule has 1 heterocycles. The fourth-order valence-corrected chi connectivity index (χ4v) is 2.23. The van der Waals surface area contributed by atoms with Crippen molar-refractivity contribution in [3.05, 3.63) is 66.4 Å². The van der Waals surface area contributed by atoms with Gasteiger partial charge in [0.2, 0.25) is 0 Å². The Balaban J connectivity index is 1.79. The lowest BCUT2D eigenvalue weighted by atomic mass is 10.1. The quantitative estimate of drug-likeness (QED) is 0.774. The summed E-state index contributed by atoms with van der Waals surface area (Å²) in [7, 11) is 0. The number of carbonyl (C=O) groups excluding carboxylic acids is 1. The zero-order valence-corrected chi connectivity index (χ0v) is 12.2. The van der Waals surface area contributed by atoms with Crippen molar-refractivity contribution < 1.29 is 22.7 Å². The van der Waals surface area contributed by atoms with Gasteiger partial charge in [-0.1, -0.05) is 18.2 Å². The van der Waals surface area contributed by atoms with Gasteiger partial charge in [-0.2, -0.15) is 0 Å². The number of fused-ring (bicyclic) bond motifs is 1. The smallest absolute Gasteiger partial charge is 0.406 e. The molecule has 1 amide bonds. The number of carbonyl (C=O) groups is 1. The summed E-state index contributed by atoms with van der Waals surface area (Å²) in [4.78, 5) is 16.6. The number of rotatable bonds is 3. The third kappa shape index (κ3) is 3.62. The van der Waals surface area contributed by atoms with Crippen LogP contribution in [0.2, 0.25) is 0 Å². The molecule has 1 N–H and O–H groups in total. The van der Waals surface area contributed by atoms with E-state index in [-0.39, 0.29) is 5.75 Å². The Kier molecular flexibility index (Phi) is 4.07. The van der Waals surface area contributed by atoms with Crippen molar-refractivity contribution in [1.82, 2.24) is 4.98 Å². The molecule has 3 aromatic rings. The minimum absolute atomic E-state index is 0.349. The third-order valence-electron chi connectivity index (χ3n) is 3.22. The first-order valence-electron chi connectivity index (χ1n) is 6.93. The van der Waals surface area contributed by atoms with Gasteiger partial charge in [0, 0.05) is 17.3 Å². The van der Waals surface area contributed by atoms with Crippen molar-refractivity contribution in [3.8, 4) is 5.75 Å². The van der Waals surface area contributed by atoms with Gasteiger partial charge in [-0.25, -0.2) is 0 Å². The molecule has 0 bridgehead atoms. The predicted octanol–water partition coefficient (Wildman–Crippen LogP) is 4.39. The van der Waals surface area contributed by atoms with Crippen LogP contribution in [-0.2, 0) is 0 Å². The van der Waals surface area contributed by atoms with Crippen LogP contribution in [0.3, 0.4) is 0 Å². The molecule has 0 unspecified atom stereocenters. The van der Waals surface area contributed by atoms with E-state index in [1.807, 2.05) is 12.1 Å². The van der Waals surface area contributed by atoms with Crippen LogP contribution in [0.5, 0.6) is 5.75 Å². The maximum absolute atomic E-state index is 12.4. The summed E-state index contributed by atoms with van der Waals surface area (Å²) in [6, 6.07) is 13.7. The van der Waals surface area contributed by atoms with E-state index in [1.54, 1.807) is 24.4 Å². The van der Waals surface area contributed by atoms with Crippen LogP contribution >= 0.6 is 0 Å². The van der Waals surface area contributed by atoms with Gasteiger partial charge in [0.05, 0.1) is 11.1 Å². The maximum atomic E-state index is 12.4. The van der Waals surface area contributed by atoms with Gasteiger partial charge in [-0.15, -0.1) is 13.2 Å². The van der Waals surface area contributed by atoms with Crippen LogP contribution in [0.4, 0.5) is 18.9 Å². The van der Waals surface area contributed by atoms with Crippen molar-refractivity contribution in [1.29, 1.82) is 0 Å². The molecule has 0 saturated carbocycles. The summed E-state index contributed by atoms with van der Waals surface area (Å²) in [5.41, 5.74) is 1.28. The monoisotopic (exact) mass is 332 g/mol. The summed E-state index contributed by atoms with van der Waals surface area (Å²) in [5, 5.41) is 3.44. The average Bonchev–Trinajstić information content (AvgIpc) is 2.55. The molecular formula is C17H11F3N2O2. The second-order valence-corrected chi connectivity index (χ2v) is 4.91. The highest BCUT2D eigenvalue weighted by Gasteiger charge is 2.30. The van der Waals surface area contributed by atoms with Crippen molar-refractivity contribution in [3.63, 3.8) is 0 Å². The normalized spacial score (nSPS) is 11.3. The highest BCUT2D eigenvalue weighted by molar-refractivity contribution is 6.11. The first kappa shape index (κ1) is 15.8. The molecular weight excluding hydrogens is 321 g/mol. The number of para-hydroxylation sites is 1. The standard InChI is InChI=1S/C17H11F3N2O2/c18-17(19,20)24-13-8-6-12(7-9-13)22-16(23)14-5-1-3-11-4-2-10-21-15(11)14/h1-10H,(H,22,23). The number of aromatic nitrogens is 1. The summed E-state index contributed by atoms with van der Waals surface area (Å²) < 4.78 is 40.1. The number of ether oxygens (including phenoxy) is 1. The van der Waals surface area contributed by atoms with Crippen LogP contribution < -0.4 is 10.1 Å². The van der Waals surface area contributed by atoms with E-state index >= 15 is 0 Å². The lowest BCUT2D eigenvalue weighted by Gasteiger charge is -2.10. The van der Waals surface area contributed by atoms with Crippen molar-refractivity contribution in [2.24, 2.45) is 0 Å². The Bertz CT molecular complexity index is 872. The lowest BCUT2D eigenvalue weighted by molar-refractivity contribution is -0.274. The predicted molar refractivity (Wildman–Crippen MR) is 82.8 cm³/mol. The highest BCUT2D eigenvalue weighted by Crippen LogP contribution is 2.24. The fourth-order valence-electron chi connectivity index (χ4n) is 2.23. The molecule has 0 aliphatic carbocycles. The number of halogens is 3. The van der Waals surface area contributed by atoms with E-state index in [0.717, 1.165) is 17.5 Å². The topological polar surface area (TPSA) is 51.2 Å². The number of amides is 1. The van der Waals surface area contributed by atoms with Gasteiger partial charge in [0.15, 0.2) is 0 Å². The Labute approximate surface area is 134 Å². The number of pyridine rings is 1. The summed E-state index contributed by atoms with van der Waals surface area (Å²) in [6.07, 6.45) is -3.16. The van der Waals surface area contributed by atoms with Gasteiger partial charge >= 0.3 is 6.36 Å². The molecule has 2 aromatic carbocycles. The highest BCUT2D eigenvalue weighted by atomic mass is 19.4. The molecule has 4 nitrogen and oxygen atoms in total. The number of hydrogen-bond acceptors (Lipinski definition) is 3. The molecule has 0 aliphatic rings. The van der Waals surface area contributed by atoms with E-state index < -0.39 is 12.3 Å². The number of nitrogens with one attached hydrogen (secondary N) is 1. The molecule has 122 valence electrons. The van der Waals surface area contributed by atoms with Crippen LogP contribution in [0.1, 0.15) is 10.4 Å². The first-order chi connectivity index (χ1) is 11.4. The zero-order chi connectivity index (χ0) is 17.2. The van der Waals surface area contributed by atoms with E-state index in [4.69, 9.17) is 0 Å². The number of benzene rings is 2. The van der Waals surface area contributed by atoms with E-state index in [1.165, 1.54) is 12.1 Å². The minimum Gasteiger partial charge on any atom is -0.406 e. The molecule has 3 rings (SSSR count). The molecule has 0 spiro atoms. The van der Waals surface area contributed by atoms with Crippen LogP contribution in [0.15, 0.2) is 60.8 Å². The van der Waals surface area contributed by atoms with E-state index in [2.05, 4.69) is 15.0 Å². The Morgan fingerprint density at radius 1 is 1.00 bits per heavy atom. The summed E-state index contributed by atoms with van der Waals surface area (Å²) >= 11 is 0. The molecule has 0 saturated heterocycles. The van der Waals surface area contributed by atoms with Crippen molar-refractivity contribution >= 4 is 22.5 Å². The number of anilines is 1. The second-order valence-electron chi connectivity index (χ2n) is 4.91. The number of hydrogen-bond donors (Lipinski definition) is 1. The lowest BCUT2D eigenvalue weighted by Crippen LogP contribution is -2.17. The van der Waals surface area contributed by atoms with Gasteiger partial charge in [-0.3, -0.25) is 9.78 Å². The molecule has 7 heteroatoms. The van der Waals surface area contributed by atoms with Gasteiger partial charge in [0.1, 0.15) is 5.75 Å². The summed E-state index contributed by atoms with van der Waals surface area (Å²) in [6.45, 7) is 0. The SMILES string of the molecule is O=C(Nc1ccc(OC(F)(F)F)cc1)c1cccc2cccnc12. The molecule has 0 aliphatic heterocycles. The van der Waals surface area contributed by atoms with Crippen LogP contribution in [0.25, 0.3) is 10.9 Å². The zero-order valence-electron chi connectivity index (χ0n) is 12.2. The second kappa shape index (κ2) is 6.19. The van der Waals surface area contributed by atoms with E-state index in [0.29, 0.717) is 16.8 Å². The molecule has 0 radical (unpaired) electrons. The van der Waals surface area contributed by atoms with Crippen molar-refractivity contribution in [2.75, 3.05) is 5.32 Å².